The van der Waals surface area contributed by atoms with Crippen molar-refractivity contribution in [2.45, 2.75) is 13.0 Å². The van der Waals surface area contributed by atoms with E-state index in [0.29, 0.717) is 17.2 Å². The second kappa shape index (κ2) is 5.53. The van der Waals surface area contributed by atoms with Crippen molar-refractivity contribution in [2.75, 3.05) is 0 Å². The maximum absolute atomic E-state index is 12.3. The third kappa shape index (κ3) is 2.78. The summed E-state index contributed by atoms with van der Waals surface area (Å²) < 4.78 is 0. The molecule has 0 saturated carbocycles. The van der Waals surface area contributed by atoms with Gasteiger partial charge in [0.2, 0.25) is 5.82 Å². The third-order valence-corrected chi connectivity index (χ3v) is 3.01. The molecule has 8 heteroatoms. The zero-order valence-electron chi connectivity index (χ0n) is 11.2. The summed E-state index contributed by atoms with van der Waals surface area (Å²) in [6.07, 6.45) is 3.36. The van der Waals surface area contributed by atoms with Crippen LogP contribution in [0.25, 0.3) is 11.4 Å². The Hall–Kier alpha value is -3.03. The van der Waals surface area contributed by atoms with Gasteiger partial charge >= 0.3 is 0 Å². The molecule has 106 valence electrons. The van der Waals surface area contributed by atoms with Crippen molar-refractivity contribution in [2.24, 2.45) is 0 Å². The number of imidazole rings is 1. The van der Waals surface area contributed by atoms with E-state index < -0.39 is 0 Å². The highest BCUT2D eigenvalue weighted by atomic mass is 16.1. The van der Waals surface area contributed by atoms with E-state index in [1.165, 1.54) is 0 Å². The first-order valence-corrected chi connectivity index (χ1v) is 6.38. The van der Waals surface area contributed by atoms with Crippen LogP contribution < -0.4 is 5.32 Å². The second-order valence-electron chi connectivity index (χ2n) is 4.49. The Kier molecular flexibility index (Phi) is 3.42. The van der Waals surface area contributed by atoms with Crippen molar-refractivity contribution in [1.82, 2.24) is 35.9 Å². The van der Waals surface area contributed by atoms with Gasteiger partial charge in [0.05, 0.1) is 6.04 Å². The molecule has 21 heavy (non-hydrogen) atoms. The molecule has 1 unspecified atom stereocenters. The number of hydrogen-bond acceptors (Lipinski definition) is 5. The Balaban J connectivity index is 1.77. The van der Waals surface area contributed by atoms with Gasteiger partial charge in [0.25, 0.3) is 5.91 Å². The third-order valence-electron chi connectivity index (χ3n) is 3.01. The van der Waals surface area contributed by atoms with Gasteiger partial charge in [-0.25, -0.2) is 4.98 Å². The molecule has 0 fully saturated rings. The van der Waals surface area contributed by atoms with Crippen molar-refractivity contribution in [3.63, 3.8) is 0 Å². The lowest BCUT2D eigenvalue weighted by atomic mass is 10.1. The van der Waals surface area contributed by atoms with Crippen LogP contribution in [0.15, 0.2) is 36.7 Å². The number of carbonyl (C=O) groups excluding carboxylic acids is 1. The smallest absolute Gasteiger partial charge is 0.251 e. The molecule has 3 N–H and O–H groups in total. The highest BCUT2D eigenvalue weighted by molar-refractivity contribution is 5.95. The Labute approximate surface area is 120 Å². The van der Waals surface area contributed by atoms with Gasteiger partial charge < -0.3 is 10.3 Å². The lowest BCUT2D eigenvalue weighted by Crippen LogP contribution is -2.27. The summed E-state index contributed by atoms with van der Waals surface area (Å²) in [5.41, 5.74) is 1.25. The minimum atomic E-state index is -0.207. The van der Waals surface area contributed by atoms with Crippen LogP contribution in [-0.4, -0.2) is 36.5 Å². The van der Waals surface area contributed by atoms with Crippen LogP contribution in [-0.2, 0) is 0 Å². The van der Waals surface area contributed by atoms with Gasteiger partial charge in [-0.15, -0.1) is 10.2 Å². The highest BCUT2D eigenvalue weighted by Gasteiger charge is 2.14. The van der Waals surface area contributed by atoms with Gasteiger partial charge in [0, 0.05) is 23.5 Å². The molecule has 0 spiro atoms. The number of amides is 1. The topological polar surface area (TPSA) is 112 Å². The summed E-state index contributed by atoms with van der Waals surface area (Å²) in [7, 11) is 0. The van der Waals surface area contributed by atoms with E-state index in [2.05, 4.69) is 35.9 Å². The van der Waals surface area contributed by atoms with Crippen molar-refractivity contribution in [3.05, 3.63) is 48.0 Å². The SMILES string of the molecule is CC(NC(=O)c1cccc(-c2nn[nH]n2)c1)c1ncc[nH]1. The van der Waals surface area contributed by atoms with E-state index in [9.17, 15) is 4.79 Å². The molecule has 3 aromatic rings. The molecular weight excluding hydrogens is 270 g/mol. The predicted octanol–water partition coefficient (Wildman–Crippen LogP) is 1.08. The average Bonchev–Trinajstić information content (AvgIpc) is 3.20. The maximum Gasteiger partial charge on any atom is 0.251 e. The molecule has 1 amide bonds. The number of rotatable bonds is 4. The number of aromatic nitrogens is 6. The minimum Gasteiger partial charge on any atom is -0.347 e. The summed E-state index contributed by atoms with van der Waals surface area (Å²) in [4.78, 5) is 19.3. The standard InChI is InChI=1S/C13H13N7O/c1-8(11-14-5-6-15-11)16-13(21)10-4-2-3-9(7-10)12-17-19-20-18-12/h2-8H,1H3,(H,14,15)(H,16,21)(H,17,18,19,20). The van der Waals surface area contributed by atoms with Gasteiger partial charge in [-0.05, 0) is 24.3 Å². The number of benzene rings is 1. The number of H-pyrrole nitrogens is 2. The van der Waals surface area contributed by atoms with Gasteiger partial charge in [-0.3, -0.25) is 4.79 Å². The number of nitrogens with zero attached hydrogens (tertiary/aromatic N) is 4. The van der Waals surface area contributed by atoms with E-state index in [-0.39, 0.29) is 11.9 Å². The molecule has 2 aromatic heterocycles. The fraction of sp³-hybridized carbons (Fsp3) is 0.154. The summed E-state index contributed by atoms with van der Waals surface area (Å²) in [6, 6.07) is 6.83. The fourth-order valence-electron chi connectivity index (χ4n) is 1.95. The number of hydrogen-bond donors (Lipinski definition) is 3. The Morgan fingerprint density at radius 3 is 3.00 bits per heavy atom. The molecule has 3 rings (SSSR count). The molecule has 1 aromatic carbocycles. The van der Waals surface area contributed by atoms with Crippen molar-refractivity contribution >= 4 is 5.91 Å². The lowest BCUT2D eigenvalue weighted by molar-refractivity contribution is 0.0938. The van der Waals surface area contributed by atoms with Crippen LogP contribution >= 0.6 is 0 Å². The van der Waals surface area contributed by atoms with Crippen molar-refractivity contribution < 1.29 is 4.79 Å². The molecule has 1 atom stereocenters. The first-order chi connectivity index (χ1) is 10.2. The molecule has 0 aliphatic heterocycles. The number of tetrazole rings is 1. The normalized spacial score (nSPS) is 12.0. The van der Waals surface area contributed by atoms with E-state index in [0.717, 1.165) is 5.56 Å². The molecule has 2 heterocycles. The average molecular weight is 283 g/mol. The first-order valence-electron chi connectivity index (χ1n) is 6.38. The number of carbonyl (C=O) groups is 1. The quantitative estimate of drug-likeness (QED) is 0.663. The summed E-state index contributed by atoms with van der Waals surface area (Å²) in [5.74, 6) is 0.964. The van der Waals surface area contributed by atoms with Gasteiger partial charge in [0.1, 0.15) is 5.82 Å². The largest absolute Gasteiger partial charge is 0.347 e. The van der Waals surface area contributed by atoms with Crippen molar-refractivity contribution in [1.29, 1.82) is 0 Å². The van der Waals surface area contributed by atoms with Crippen molar-refractivity contribution in [3.8, 4) is 11.4 Å². The van der Waals surface area contributed by atoms with E-state index >= 15 is 0 Å². The molecule has 0 aliphatic carbocycles. The zero-order valence-corrected chi connectivity index (χ0v) is 11.2. The summed E-state index contributed by atoms with van der Waals surface area (Å²) in [5, 5.41) is 16.6. The number of aromatic amines is 2. The lowest BCUT2D eigenvalue weighted by Gasteiger charge is -2.11. The number of nitrogens with one attached hydrogen (secondary N) is 3. The molecule has 0 bridgehead atoms. The van der Waals surface area contributed by atoms with Gasteiger partial charge in [-0.1, -0.05) is 12.1 Å². The van der Waals surface area contributed by atoms with Crippen LogP contribution in [0.4, 0.5) is 0 Å². The van der Waals surface area contributed by atoms with Crippen LogP contribution in [0.3, 0.4) is 0 Å². The Bertz CT molecular complexity index is 721. The van der Waals surface area contributed by atoms with E-state index in [4.69, 9.17) is 0 Å². The Morgan fingerprint density at radius 2 is 2.29 bits per heavy atom. The summed E-state index contributed by atoms with van der Waals surface area (Å²) >= 11 is 0. The predicted molar refractivity (Wildman–Crippen MR) is 74.1 cm³/mol. The molecule has 0 saturated heterocycles. The van der Waals surface area contributed by atoms with Crippen LogP contribution in [0.1, 0.15) is 29.1 Å². The minimum absolute atomic E-state index is 0.191. The molecule has 0 aliphatic rings. The van der Waals surface area contributed by atoms with E-state index in [1.54, 1.807) is 30.6 Å². The maximum atomic E-state index is 12.3. The Morgan fingerprint density at radius 1 is 1.38 bits per heavy atom. The van der Waals surface area contributed by atoms with E-state index in [1.807, 2.05) is 13.0 Å². The molecular formula is C13H13N7O. The highest BCUT2D eigenvalue weighted by Crippen LogP contribution is 2.16. The first kappa shape index (κ1) is 13.0. The van der Waals surface area contributed by atoms with Gasteiger partial charge in [-0.2, -0.15) is 5.21 Å². The monoisotopic (exact) mass is 283 g/mol. The fourth-order valence-corrected chi connectivity index (χ4v) is 1.95. The second-order valence-corrected chi connectivity index (χ2v) is 4.49. The van der Waals surface area contributed by atoms with Gasteiger partial charge in [0.15, 0.2) is 0 Å². The zero-order chi connectivity index (χ0) is 14.7. The molecule has 8 nitrogen and oxygen atoms in total. The van der Waals surface area contributed by atoms with Crippen LogP contribution in [0.2, 0.25) is 0 Å². The van der Waals surface area contributed by atoms with Crippen LogP contribution in [0, 0.1) is 0 Å². The van der Waals surface area contributed by atoms with Crippen LogP contribution in [0.5, 0.6) is 0 Å². The summed E-state index contributed by atoms with van der Waals surface area (Å²) in [6.45, 7) is 1.86. The molecule has 0 radical (unpaired) electrons.